The van der Waals surface area contributed by atoms with Crippen LogP contribution in [0.25, 0.3) is 0 Å². The van der Waals surface area contributed by atoms with Crippen LogP contribution in [-0.4, -0.2) is 70.2 Å². The normalized spacial score (nSPS) is 36.1. The Balaban J connectivity index is 1.49. The molecule has 11 atom stereocenters. The number of nitrogens with two attached hydrogens (primary N) is 3. The van der Waals surface area contributed by atoms with Crippen molar-refractivity contribution in [3.63, 3.8) is 0 Å². The van der Waals surface area contributed by atoms with Gasteiger partial charge in [-0.25, -0.2) is 0 Å². The molecule has 0 aliphatic heterocycles. The molecule has 0 spiro atoms. The first kappa shape index (κ1) is 41.0. The lowest BCUT2D eigenvalue weighted by Gasteiger charge is -2.65. The van der Waals surface area contributed by atoms with Crippen LogP contribution in [0.1, 0.15) is 143 Å². The van der Waals surface area contributed by atoms with Gasteiger partial charge in [0.05, 0.1) is 18.3 Å². The SMILES string of the molecule is CCCCCCCCNC(=O)CCC(C)[C@H]1CC[C@H]2C3[C@H](OCCCN)CC4C[C@H](OCCCN)CCC4(C)[C@H]3C[C@H](OCCCN)C12C. The Morgan fingerprint density at radius 3 is 2.18 bits per heavy atom. The van der Waals surface area contributed by atoms with Gasteiger partial charge in [0.25, 0.3) is 0 Å². The minimum Gasteiger partial charge on any atom is -0.378 e. The average molecular weight is 691 g/mol. The standard InChI is InChI=1S/C41H78N4O4/c1-5-6-7-8-9-10-23-45-38(46)17-14-30(2)33-15-16-34-39-35(29-37(41(33,34)4)49-26-13-22-44)40(3)19-18-32(47-24-11-20-42)27-31(40)28-36(39)48-25-12-21-43/h30-37,39H,5-29,42-44H2,1-4H3,(H,45,46)/t30?,31?,32-,33-,34+,35+,36-,37+,39?,40?,41?/m1/s1. The number of unbranched alkanes of at least 4 members (excludes halogenated alkanes) is 5. The van der Waals surface area contributed by atoms with Crippen LogP contribution in [0.5, 0.6) is 0 Å². The molecule has 4 fully saturated rings. The summed E-state index contributed by atoms with van der Waals surface area (Å²) in [7, 11) is 0. The molecule has 4 aliphatic rings. The van der Waals surface area contributed by atoms with E-state index in [1.54, 1.807) is 0 Å². The van der Waals surface area contributed by atoms with Gasteiger partial charge in [0.2, 0.25) is 5.91 Å². The summed E-state index contributed by atoms with van der Waals surface area (Å²) in [6.45, 7) is 14.9. The van der Waals surface area contributed by atoms with Crippen molar-refractivity contribution in [1.29, 1.82) is 0 Å². The fourth-order valence-corrected chi connectivity index (χ4v) is 11.4. The van der Waals surface area contributed by atoms with Crippen LogP contribution >= 0.6 is 0 Å². The summed E-state index contributed by atoms with van der Waals surface area (Å²) in [4.78, 5) is 12.9. The summed E-state index contributed by atoms with van der Waals surface area (Å²) in [6.07, 6.45) is 20.8. The topological polar surface area (TPSA) is 135 Å². The minimum absolute atomic E-state index is 0.0609. The Labute approximate surface area is 300 Å². The maximum atomic E-state index is 12.9. The number of hydrogen-bond acceptors (Lipinski definition) is 7. The third-order valence-corrected chi connectivity index (χ3v) is 14.2. The number of ether oxygens (including phenoxy) is 3. The maximum absolute atomic E-state index is 12.9. The van der Waals surface area contributed by atoms with E-state index in [-0.39, 0.29) is 28.9 Å². The fraction of sp³-hybridized carbons (Fsp3) is 0.976. The summed E-state index contributed by atoms with van der Waals surface area (Å²) >= 11 is 0. The second-order valence-electron chi connectivity index (χ2n) is 17.1. The van der Waals surface area contributed by atoms with E-state index in [9.17, 15) is 4.79 Å². The molecule has 0 saturated heterocycles. The maximum Gasteiger partial charge on any atom is 0.220 e. The van der Waals surface area contributed by atoms with Gasteiger partial charge in [0.1, 0.15) is 0 Å². The molecule has 286 valence electrons. The van der Waals surface area contributed by atoms with Gasteiger partial charge >= 0.3 is 0 Å². The van der Waals surface area contributed by atoms with Crippen LogP contribution in [0.15, 0.2) is 0 Å². The molecule has 4 saturated carbocycles. The second kappa shape index (κ2) is 20.5. The van der Waals surface area contributed by atoms with Gasteiger partial charge in [-0.3, -0.25) is 4.79 Å². The molecule has 0 heterocycles. The third kappa shape index (κ3) is 10.2. The Morgan fingerprint density at radius 2 is 1.47 bits per heavy atom. The van der Waals surface area contributed by atoms with E-state index in [1.165, 1.54) is 51.4 Å². The highest BCUT2D eigenvalue weighted by Gasteiger charge is 2.66. The molecule has 0 aromatic rings. The molecule has 1 amide bonds. The third-order valence-electron chi connectivity index (χ3n) is 14.2. The number of carbonyl (C=O) groups is 1. The van der Waals surface area contributed by atoms with Gasteiger partial charge in [-0.15, -0.1) is 0 Å². The number of hydrogen-bond donors (Lipinski definition) is 4. The first-order chi connectivity index (χ1) is 23.7. The summed E-state index contributed by atoms with van der Waals surface area (Å²) in [5.74, 6) is 3.48. The number of rotatable bonds is 23. The molecular weight excluding hydrogens is 612 g/mol. The number of nitrogens with one attached hydrogen (secondary N) is 1. The summed E-state index contributed by atoms with van der Waals surface area (Å²) < 4.78 is 20.3. The van der Waals surface area contributed by atoms with Crippen LogP contribution < -0.4 is 22.5 Å². The average Bonchev–Trinajstić information content (AvgIpc) is 3.45. The quantitative estimate of drug-likeness (QED) is 0.0852. The van der Waals surface area contributed by atoms with E-state index in [4.69, 9.17) is 31.4 Å². The molecule has 7 N–H and O–H groups in total. The largest absolute Gasteiger partial charge is 0.378 e. The highest BCUT2D eigenvalue weighted by molar-refractivity contribution is 5.75. The van der Waals surface area contributed by atoms with Gasteiger partial charge in [-0.2, -0.15) is 0 Å². The molecule has 0 aromatic carbocycles. The van der Waals surface area contributed by atoms with Gasteiger partial charge in [-0.05, 0) is 138 Å². The molecule has 4 rings (SSSR count). The monoisotopic (exact) mass is 691 g/mol. The smallest absolute Gasteiger partial charge is 0.220 e. The number of amides is 1. The lowest BCUT2D eigenvalue weighted by atomic mass is 9.43. The summed E-state index contributed by atoms with van der Waals surface area (Å²) in [5.41, 5.74) is 18.1. The van der Waals surface area contributed by atoms with E-state index in [0.717, 1.165) is 84.2 Å². The zero-order valence-corrected chi connectivity index (χ0v) is 32.2. The van der Waals surface area contributed by atoms with E-state index in [0.29, 0.717) is 67.7 Å². The Hall–Kier alpha value is -0.770. The Kier molecular flexibility index (Phi) is 17.1. The van der Waals surface area contributed by atoms with Gasteiger partial charge < -0.3 is 36.7 Å². The van der Waals surface area contributed by atoms with Crippen molar-refractivity contribution in [2.24, 2.45) is 63.5 Å². The van der Waals surface area contributed by atoms with E-state index in [2.05, 4.69) is 33.0 Å². The van der Waals surface area contributed by atoms with Crippen LogP contribution in [0, 0.1) is 46.3 Å². The predicted octanol–water partition coefficient (Wildman–Crippen LogP) is 6.96. The Morgan fingerprint density at radius 1 is 0.796 bits per heavy atom. The van der Waals surface area contributed by atoms with Crippen molar-refractivity contribution in [2.75, 3.05) is 46.0 Å². The molecule has 4 aliphatic carbocycles. The van der Waals surface area contributed by atoms with Crippen LogP contribution in [0.3, 0.4) is 0 Å². The number of carbonyl (C=O) groups excluding carboxylic acids is 1. The van der Waals surface area contributed by atoms with Gasteiger partial charge in [-0.1, -0.05) is 59.8 Å². The molecule has 0 radical (unpaired) electrons. The van der Waals surface area contributed by atoms with Gasteiger partial charge in [0.15, 0.2) is 0 Å². The van der Waals surface area contributed by atoms with E-state index < -0.39 is 0 Å². The highest BCUT2D eigenvalue weighted by atomic mass is 16.5. The van der Waals surface area contributed by atoms with Crippen LogP contribution in [0.4, 0.5) is 0 Å². The van der Waals surface area contributed by atoms with Crippen molar-refractivity contribution < 1.29 is 19.0 Å². The second-order valence-corrected chi connectivity index (χ2v) is 17.1. The molecule has 5 unspecified atom stereocenters. The van der Waals surface area contributed by atoms with Crippen molar-refractivity contribution >= 4 is 5.91 Å². The van der Waals surface area contributed by atoms with Crippen LogP contribution in [0.2, 0.25) is 0 Å². The zero-order chi connectivity index (χ0) is 35.3. The molecule has 0 bridgehead atoms. The number of fused-ring (bicyclic) bond motifs is 5. The predicted molar refractivity (Wildman–Crippen MR) is 201 cm³/mol. The zero-order valence-electron chi connectivity index (χ0n) is 32.2. The van der Waals surface area contributed by atoms with E-state index >= 15 is 0 Å². The molecular formula is C41H78N4O4. The van der Waals surface area contributed by atoms with Crippen molar-refractivity contribution in [3.05, 3.63) is 0 Å². The van der Waals surface area contributed by atoms with Crippen molar-refractivity contribution in [3.8, 4) is 0 Å². The van der Waals surface area contributed by atoms with Gasteiger partial charge in [0, 0.05) is 38.2 Å². The van der Waals surface area contributed by atoms with Crippen molar-refractivity contribution in [2.45, 2.75) is 162 Å². The van der Waals surface area contributed by atoms with E-state index in [1.807, 2.05) is 0 Å². The van der Waals surface area contributed by atoms with Crippen molar-refractivity contribution in [1.82, 2.24) is 5.32 Å². The molecule has 0 aromatic heterocycles. The fourth-order valence-electron chi connectivity index (χ4n) is 11.4. The summed E-state index contributed by atoms with van der Waals surface area (Å²) in [5, 5.41) is 3.23. The lowest BCUT2D eigenvalue weighted by molar-refractivity contribution is -0.227. The first-order valence-corrected chi connectivity index (χ1v) is 21.0. The molecule has 8 heteroatoms. The summed E-state index contributed by atoms with van der Waals surface area (Å²) in [6, 6.07) is 0. The molecule has 49 heavy (non-hydrogen) atoms. The first-order valence-electron chi connectivity index (χ1n) is 21.0. The minimum atomic E-state index is 0.0609. The Bertz CT molecular complexity index is 954. The highest BCUT2D eigenvalue weighted by Crippen LogP contribution is 2.69. The van der Waals surface area contributed by atoms with Crippen LogP contribution in [-0.2, 0) is 19.0 Å². The lowest BCUT2D eigenvalue weighted by Crippen LogP contribution is -2.63. The molecule has 8 nitrogen and oxygen atoms in total.